The highest BCUT2D eigenvalue weighted by Crippen LogP contribution is 2.67. The predicted molar refractivity (Wildman–Crippen MR) is 137 cm³/mol. The Bertz CT molecular complexity index is 714. The molecule has 0 aromatic carbocycles. The molecule has 2 nitrogen and oxygen atoms in total. The summed E-state index contributed by atoms with van der Waals surface area (Å²) in [6, 6.07) is 0. The molecule has 0 saturated heterocycles. The Balaban J connectivity index is 1.45. The zero-order valence-electron chi connectivity index (χ0n) is 21.3. The first-order chi connectivity index (χ1) is 15.2. The maximum absolute atomic E-state index is 11.8. The molecular formula is C29H47BrO2. The van der Waals surface area contributed by atoms with Crippen LogP contribution in [0.15, 0.2) is 11.6 Å². The Labute approximate surface area is 205 Å². The normalized spacial score (nSPS) is 42.0. The van der Waals surface area contributed by atoms with Crippen LogP contribution in [0.2, 0.25) is 0 Å². The van der Waals surface area contributed by atoms with Crippen molar-refractivity contribution < 1.29 is 9.53 Å². The number of rotatable bonds is 7. The second-order valence-electron chi connectivity index (χ2n) is 12.8. The van der Waals surface area contributed by atoms with Crippen LogP contribution in [0, 0.1) is 46.3 Å². The topological polar surface area (TPSA) is 26.3 Å². The molecule has 0 N–H and O–H groups in total. The lowest BCUT2D eigenvalue weighted by Gasteiger charge is -2.58. The molecule has 4 aliphatic carbocycles. The smallest absolute Gasteiger partial charge is 0.316 e. The van der Waals surface area contributed by atoms with E-state index in [1.807, 2.05) is 0 Å². The van der Waals surface area contributed by atoms with Crippen LogP contribution < -0.4 is 0 Å². The van der Waals surface area contributed by atoms with Crippen molar-refractivity contribution in [2.24, 2.45) is 46.3 Å². The molecular weight excluding hydrogens is 460 g/mol. The van der Waals surface area contributed by atoms with Crippen LogP contribution in [0.4, 0.5) is 0 Å². The average Bonchev–Trinajstić information content (AvgIpc) is 3.11. The zero-order valence-corrected chi connectivity index (χ0v) is 22.9. The summed E-state index contributed by atoms with van der Waals surface area (Å²) in [4.78, 5) is 11.8. The summed E-state index contributed by atoms with van der Waals surface area (Å²) in [7, 11) is 0. The van der Waals surface area contributed by atoms with Crippen LogP contribution in [0.1, 0.15) is 105 Å². The molecule has 0 aliphatic heterocycles. The molecule has 182 valence electrons. The van der Waals surface area contributed by atoms with Gasteiger partial charge in [0.1, 0.15) is 11.4 Å². The number of hydrogen-bond donors (Lipinski definition) is 0. The van der Waals surface area contributed by atoms with E-state index >= 15 is 0 Å². The highest BCUT2D eigenvalue weighted by atomic mass is 79.9. The molecule has 32 heavy (non-hydrogen) atoms. The lowest BCUT2D eigenvalue weighted by Crippen LogP contribution is -2.51. The lowest BCUT2D eigenvalue weighted by atomic mass is 9.47. The van der Waals surface area contributed by atoms with E-state index in [1.54, 1.807) is 5.57 Å². The summed E-state index contributed by atoms with van der Waals surface area (Å²) in [6.45, 7) is 12.5. The minimum Gasteiger partial charge on any atom is -0.461 e. The number of allylic oxidation sites excluding steroid dienone is 1. The van der Waals surface area contributed by atoms with Gasteiger partial charge in [-0.15, -0.1) is 0 Å². The molecule has 0 radical (unpaired) electrons. The van der Waals surface area contributed by atoms with Crippen LogP contribution >= 0.6 is 15.9 Å². The molecule has 0 aromatic rings. The van der Waals surface area contributed by atoms with E-state index < -0.39 is 0 Å². The molecule has 0 unspecified atom stereocenters. The van der Waals surface area contributed by atoms with Gasteiger partial charge in [0.05, 0.1) is 0 Å². The van der Waals surface area contributed by atoms with E-state index in [0.717, 1.165) is 48.3 Å². The molecule has 0 aromatic heterocycles. The Kier molecular flexibility index (Phi) is 7.55. The third-order valence-electron chi connectivity index (χ3n) is 10.7. The van der Waals surface area contributed by atoms with Gasteiger partial charge < -0.3 is 4.74 Å². The first-order valence-electron chi connectivity index (χ1n) is 13.6. The molecule has 4 aliphatic rings. The van der Waals surface area contributed by atoms with Gasteiger partial charge in [-0.1, -0.05) is 81.5 Å². The maximum atomic E-state index is 11.8. The quantitative estimate of drug-likeness (QED) is 0.197. The van der Waals surface area contributed by atoms with E-state index in [0.29, 0.717) is 16.2 Å². The summed E-state index contributed by atoms with van der Waals surface area (Å²) in [5.41, 5.74) is 2.50. The second kappa shape index (κ2) is 9.74. The molecule has 3 saturated carbocycles. The van der Waals surface area contributed by atoms with Crippen molar-refractivity contribution in [3.05, 3.63) is 11.6 Å². The lowest BCUT2D eigenvalue weighted by molar-refractivity contribution is -0.148. The van der Waals surface area contributed by atoms with Crippen LogP contribution in [-0.4, -0.2) is 17.4 Å². The van der Waals surface area contributed by atoms with Crippen molar-refractivity contribution in [3.8, 4) is 0 Å². The number of carbonyl (C=O) groups is 1. The largest absolute Gasteiger partial charge is 0.461 e. The van der Waals surface area contributed by atoms with E-state index in [1.165, 1.54) is 57.8 Å². The van der Waals surface area contributed by atoms with Gasteiger partial charge in [0.25, 0.3) is 0 Å². The van der Waals surface area contributed by atoms with Gasteiger partial charge in [-0.3, -0.25) is 4.79 Å². The summed E-state index contributed by atoms with van der Waals surface area (Å²) in [5.74, 6) is 5.16. The highest BCUT2D eigenvalue weighted by molar-refractivity contribution is 9.09. The number of fused-ring (bicyclic) bond motifs is 5. The van der Waals surface area contributed by atoms with Gasteiger partial charge in [-0.2, -0.15) is 0 Å². The van der Waals surface area contributed by atoms with Crippen molar-refractivity contribution in [1.29, 1.82) is 0 Å². The SMILES string of the molecule is CC(C)CCC[C@H](C)[C@@H]1CC[C@@H]2[C@H]3CC=C4C[C@@H](OC(=O)CBr)CC[C@]4(C)[C@@H]3CC[C@@]21C. The van der Waals surface area contributed by atoms with E-state index in [2.05, 4.69) is 56.6 Å². The fraction of sp³-hybridized carbons (Fsp3) is 0.897. The first kappa shape index (κ1) is 24.8. The van der Waals surface area contributed by atoms with Gasteiger partial charge in [0.2, 0.25) is 0 Å². The second-order valence-corrected chi connectivity index (χ2v) is 13.3. The summed E-state index contributed by atoms with van der Waals surface area (Å²) >= 11 is 3.24. The minimum atomic E-state index is -0.110. The Morgan fingerprint density at radius 3 is 2.59 bits per heavy atom. The van der Waals surface area contributed by atoms with E-state index in [-0.39, 0.29) is 12.1 Å². The molecule has 3 heteroatoms. The van der Waals surface area contributed by atoms with Crippen LogP contribution in [0.25, 0.3) is 0 Å². The van der Waals surface area contributed by atoms with Crippen molar-refractivity contribution in [3.63, 3.8) is 0 Å². The third-order valence-corrected chi connectivity index (χ3v) is 11.1. The standard InChI is InChI=1S/C29H47BrO2/c1-19(2)7-6-8-20(3)24-11-12-25-23-10-9-21-17-22(32-27(31)18-30)13-15-28(21,4)26(23)14-16-29(24,25)5/h9,19-20,22-26H,6-8,10-18H2,1-5H3/t20-,22-,23+,24-,25+,26+,28-,29+/m0/s1. The van der Waals surface area contributed by atoms with Crippen LogP contribution in [0.5, 0.6) is 0 Å². The van der Waals surface area contributed by atoms with Crippen molar-refractivity contribution in [2.45, 2.75) is 111 Å². The number of hydrogen-bond acceptors (Lipinski definition) is 2. The van der Waals surface area contributed by atoms with Gasteiger partial charge in [0, 0.05) is 6.42 Å². The average molecular weight is 508 g/mol. The number of ether oxygens (including phenoxy) is 1. The van der Waals surface area contributed by atoms with Crippen molar-refractivity contribution in [1.82, 2.24) is 0 Å². The van der Waals surface area contributed by atoms with Gasteiger partial charge in [0.15, 0.2) is 0 Å². The molecule has 4 rings (SSSR count). The number of halogens is 1. The summed E-state index contributed by atoms with van der Waals surface area (Å²) in [5, 5.41) is 0.307. The highest BCUT2D eigenvalue weighted by Gasteiger charge is 2.59. The molecule has 0 bridgehead atoms. The summed E-state index contributed by atoms with van der Waals surface area (Å²) in [6.07, 6.45) is 17.1. The Morgan fingerprint density at radius 2 is 1.88 bits per heavy atom. The Morgan fingerprint density at radius 1 is 1.09 bits per heavy atom. The van der Waals surface area contributed by atoms with Crippen LogP contribution in [0.3, 0.4) is 0 Å². The number of alkyl halides is 1. The van der Waals surface area contributed by atoms with Crippen molar-refractivity contribution >= 4 is 21.9 Å². The van der Waals surface area contributed by atoms with Gasteiger partial charge in [-0.25, -0.2) is 0 Å². The minimum absolute atomic E-state index is 0.0901. The fourth-order valence-electron chi connectivity index (χ4n) is 8.97. The Hall–Kier alpha value is -0.310. The van der Waals surface area contributed by atoms with Gasteiger partial charge in [-0.05, 0) is 91.3 Å². The zero-order chi connectivity index (χ0) is 23.1. The fourth-order valence-corrected chi connectivity index (χ4v) is 9.10. The molecule has 3 fully saturated rings. The predicted octanol–water partition coefficient (Wildman–Crippen LogP) is 8.33. The maximum Gasteiger partial charge on any atom is 0.316 e. The van der Waals surface area contributed by atoms with Crippen molar-refractivity contribution in [2.75, 3.05) is 5.33 Å². The third kappa shape index (κ3) is 4.50. The number of esters is 1. The monoisotopic (exact) mass is 506 g/mol. The number of carbonyl (C=O) groups excluding carboxylic acids is 1. The van der Waals surface area contributed by atoms with Gasteiger partial charge >= 0.3 is 5.97 Å². The molecule has 0 amide bonds. The first-order valence-corrected chi connectivity index (χ1v) is 14.8. The molecule has 0 heterocycles. The van der Waals surface area contributed by atoms with Crippen LogP contribution in [-0.2, 0) is 9.53 Å². The van der Waals surface area contributed by atoms with E-state index in [9.17, 15) is 4.79 Å². The summed E-state index contributed by atoms with van der Waals surface area (Å²) < 4.78 is 5.72. The molecule has 0 spiro atoms. The van der Waals surface area contributed by atoms with E-state index in [4.69, 9.17) is 4.74 Å². The molecule has 8 atom stereocenters.